The summed E-state index contributed by atoms with van der Waals surface area (Å²) >= 11 is 1.86. The third kappa shape index (κ3) is 8.57. The van der Waals surface area contributed by atoms with Crippen molar-refractivity contribution in [2.75, 3.05) is 9.80 Å². The predicted octanol–water partition coefficient (Wildman–Crippen LogP) is 26.8. The first-order valence-electron chi connectivity index (χ1n) is 37.9. The Morgan fingerprint density at radius 3 is 1.18 bits per heavy atom. The molecule has 0 amide bonds. The van der Waals surface area contributed by atoms with Crippen LogP contribution in [-0.4, -0.2) is 38.2 Å². The van der Waals surface area contributed by atoms with Gasteiger partial charge in [-0.05, 0) is 133 Å². The molecule has 112 heavy (non-hydrogen) atoms. The van der Waals surface area contributed by atoms with Gasteiger partial charge < -0.3 is 23.4 Å². The average molecular weight is 1450 g/mol. The van der Waals surface area contributed by atoms with Crippen molar-refractivity contribution in [1.82, 2.24) is 38.2 Å². The van der Waals surface area contributed by atoms with E-state index in [1.807, 2.05) is 23.5 Å². The summed E-state index contributed by atoms with van der Waals surface area (Å²) in [6, 6.07) is 126. The molecule has 8 aromatic heterocycles. The van der Waals surface area contributed by atoms with Crippen molar-refractivity contribution in [3.05, 3.63) is 352 Å². The molecule has 10 heterocycles. The Kier molecular flexibility index (Phi) is 12.7. The number of thiophene rings is 1. The monoisotopic (exact) mass is 1450 g/mol. The Balaban J connectivity index is 0.000000127. The second-order valence-corrected chi connectivity index (χ2v) is 30.2. The van der Waals surface area contributed by atoms with E-state index in [9.17, 15) is 0 Å². The lowest BCUT2D eigenvalue weighted by atomic mass is 9.96. The first-order chi connectivity index (χ1) is 55.6. The minimum Gasteiger partial charge on any atom is -0.456 e. The van der Waals surface area contributed by atoms with Gasteiger partial charge in [-0.15, -0.1) is 11.3 Å². The number of rotatable bonds is 6. The lowest BCUT2D eigenvalue weighted by molar-refractivity contribution is 0.668. The minimum absolute atomic E-state index is 0.645. The van der Waals surface area contributed by atoms with E-state index < -0.39 is 0 Å². The molecule has 0 unspecified atom stereocenters. The van der Waals surface area contributed by atoms with Crippen LogP contribution >= 0.6 is 11.3 Å². The van der Waals surface area contributed by atoms with Gasteiger partial charge in [-0.25, -0.2) is 19.9 Å². The van der Waals surface area contributed by atoms with E-state index in [0.29, 0.717) is 11.9 Å². The van der Waals surface area contributed by atoms with Gasteiger partial charge in [0.05, 0.1) is 100 Å². The SMILES string of the molecule is c1ccc(N2c3ccccc3-c3nc(-n4c5ccccc5c5ccc6c(c7ccccc7n6-c6ccc7c(c6)oc6ccccc67)c54)nc4cccc2c34)cc1.c1ccc(N2c3ccccc3-c3nc(-n4c5ccccc5c5ccc6c(c7ccccc7n6-c6ccc7c(c6)sc6ccccc67)c54)nc4cccc2c34)cc1. The van der Waals surface area contributed by atoms with E-state index in [1.54, 1.807) is 0 Å². The molecule has 24 aromatic rings. The van der Waals surface area contributed by atoms with Crippen molar-refractivity contribution in [1.29, 1.82) is 0 Å². The fraction of sp³-hybridized carbons (Fsp3) is 0. The zero-order chi connectivity index (χ0) is 73.0. The first kappa shape index (κ1) is 61.1. The maximum Gasteiger partial charge on any atom is 0.235 e. The zero-order valence-electron chi connectivity index (χ0n) is 59.8. The Labute approximate surface area is 642 Å². The lowest BCUT2D eigenvalue weighted by Gasteiger charge is -2.32. The van der Waals surface area contributed by atoms with Crippen LogP contribution in [0.2, 0.25) is 0 Å². The highest BCUT2D eigenvalue weighted by Crippen LogP contribution is 2.54. The summed E-state index contributed by atoms with van der Waals surface area (Å²) in [6.45, 7) is 0. The highest BCUT2D eigenvalue weighted by Gasteiger charge is 2.33. The molecule has 11 nitrogen and oxygen atoms in total. The van der Waals surface area contributed by atoms with Gasteiger partial charge in [-0.1, -0.05) is 212 Å². The Morgan fingerprint density at radius 2 is 0.634 bits per heavy atom. The molecule has 0 bridgehead atoms. The summed E-state index contributed by atoms with van der Waals surface area (Å²) < 4.78 is 18.4. The maximum absolute atomic E-state index is 6.39. The number of aromatic nitrogens is 8. The van der Waals surface area contributed by atoms with E-state index in [0.717, 1.165) is 172 Å². The fourth-order valence-electron chi connectivity index (χ4n) is 18.7. The summed E-state index contributed by atoms with van der Waals surface area (Å²) in [5, 5.41) is 16.3. The van der Waals surface area contributed by atoms with Crippen LogP contribution in [0.15, 0.2) is 356 Å². The van der Waals surface area contributed by atoms with Crippen LogP contribution in [-0.2, 0) is 0 Å². The van der Waals surface area contributed by atoms with Crippen LogP contribution < -0.4 is 9.80 Å². The molecule has 0 aliphatic carbocycles. The molecular weight excluding hydrogens is 1390 g/mol. The number of fused-ring (bicyclic) bond motifs is 24. The Hall–Kier alpha value is -15.0. The number of hydrogen-bond acceptors (Lipinski definition) is 8. The molecular formula is C100H58N10OS. The summed E-state index contributed by atoms with van der Waals surface area (Å²) in [4.78, 5) is 26.7. The molecule has 0 saturated heterocycles. The molecule has 0 radical (unpaired) electrons. The van der Waals surface area contributed by atoms with E-state index in [2.05, 4.69) is 368 Å². The van der Waals surface area contributed by atoms with Crippen LogP contribution in [0.1, 0.15) is 0 Å². The number of hydrogen-bond donors (Lipinski definition) is 0. The largest absolute Gasteiger partial charge is 0.456 e. The summed E-state index contributed by atoms with van der Waals surface area (Å²) in [5.41, 5.74) is 25.2. The van der Waals surface area contributed by atoms with Gasteiger partial charge >= 0.3 is 0 Å². The normalized spacial score (nSPS) is 12.6. The van der Waals surface area contributed by atoms with Crippen LogP contribution in [0.5, 0.6) is 0 Å². The van der Waals surface area contributed by atoms with Crippen molar-refractivity contribution in [2.45, 2.75) is 0 Å². The third-order valence-electron chi connectivity index (χ3n) is 23.3. The first-order valence-corrected chi connectivity index (χ1v) is 38.7. The van der Waals surface area contributed by atoms with Crippen LogP contribution in [0.4, 0.5) is 34.1 Å². The molecule has 0 spiro atoms. The highest BCUT2D eigenvalue weighted by molar-refractivity contribution is 7.25. The van der Waals surface area contributed by atoms with Gasteiger partial charge in [0.25, 0.3) is 0 Å². The Bertz CT molecular complexity index is 7700. The van der Waals surface area contributed by atoms with Gasteiger partial charge in [0, 0.05) is 114 Å². The van der Waals surface area contributed by atoms with Gasteiger partial charge in [-0.2, -0.15) is 0 Å². The highest BCUT2D eigenvalue weighted by atomic mass is 32.1. The molecule has 2 aliphatic rings. The van der Waals surface area contributed by atoms with Crippen molar-refractivity contribution < 1.29 is 4.42 Å². The van der Waals surface area contributed by atoms with Gasteiger partial charge in [-0.3, -0.25) is 9.13 Å². The number of nitrogens with zero attached hydrogens (tertiary/aromatic N) is 10. The van der Waals surface area contributed by atoms with Crippen molar-refractivity contribution in [2.24, 2.45) is 0 Å². The molecule has 0 fully saturated rings. The molecule has 26 rings (SSSR count). The zero-order valence-corrected chi connectivity index (χ0v) is 60.6. The third-order valence-corrected chi connectivity index (χ3v) is 24.4. The molecule has 0 N–H and O–H groups in total. The van der Waals surface area contributed by atoms with Crippen LogP contribution in [0, 0.1) is 0 Å². The van der Waals surface area contributed by atoms with Crippen LogP contribution in [0.3, 0.4) is 0 Å². The van der Waals surface area contributed by atoms with E-state index in [-0.39, 0.29) is 0 Å². The summed E-state index contributed by atoms with van der Waals surface area (Å²) in [5.74, 6) is 1.31. The average Bonchev–Trinajstić information content (AvgIpc) is 1.62. The topological polar surface area (TPSA) is 90.9 Å². The molecule has 2 aliphatic heterocycles. The number of para-hydroxylation sites is 9. The Morgan fingerprint density at radius 1 is 0.232 bits per heavy atom. The predicted molar refractivity (Wildman–Crippen MR) is 464 cm³/mol. The van der Waals surface area contributed by atoms with E-state index in [4.69, 9.17) is 24.4 Å². The van der Waals surface area contributed by atoms with Crippen molar-refractivity contribution in [3.8, 4) is 45.8 Å². The molecule has 0 saturated carbocycles. The number of anilines is 6. The minimum atomic E-state index is 0.645. The molecule has 12 heteroatoms. The maximum atomic E-state index is 6.39. The van der Waals surface area contributed by atoms with Crippen molar-refractivity contribution in [3.63, 3.8) is 0 Å². The van der Waals surface area contributed by atoms with Crippen LogP contribution in [0.25, 0.3) is 197 Å². The second kappa shape index (κ2) is 23.3. The molecule has 16 aromatic carbocycles. The number of furan rings is 1. The van der Waals surface area contributed by atoms with Gasteiger partial charge in [0.15, 0.2) is 0 Å². The molecule has 0 atom stereocenters. The van der Waals surface area contributed by atoms with E-state index in [1.165, 1.54) is 47.2 Å². The lowest BCUT2D eigenvalue weighted by Crippen LogP contribution is -2.16. The molecule has 520 valence electrons. The smallest absolute Gasteiger partial charge is 0.235 e. The second-order valence-electron chi connectivity index (χ2n) is 29.1. The standard InChI is InChI=1S/C50H29N5O.C50H29N5S/c2*1-2-13-30(14-3-1)53-41-22-10-6-18-37(41)48-47-38(19-12-23-42(47)53)51-50(52-48)55-39-20-8-4-15-32(39)35-27-28-43-46(49(35)55)36-17-5-9-21-40(36)54(43)31-25-26-34-33-16-7-11-24-44(33)56-45(34)29-31/h2*1-29H. The van der Waals surface area contributed by atoms with Crippen molar-refractivity contribution >= 4 is 197 Å². The summed E-state index contributed by atoms with van der Waals surface area (Å²) in [7, 11) is 0. The summed E-state index contributed by atoms with van der Waals surface area (Å²) in [6.07, 6.45) is 0. The van der Waals surface area contributed by atoms with Gasteiger partial charge in [0.2, 0.25) is 11.9 Å². The van der Waals surface area contributed by atoms with E-state index >= 15 is 0 Å². The number of benzene rings is 16. The van der Waals surface area contributed by atoms with Gasteiger partial charge in [0.1, 0.15) is 11.2 Å². The fourth-order valence-corrected chi connectivity index (χ4v) is 19.8. The quantitative estimate of drug-likeness (QED) is 0.164.